The summed E-state index contributed by atoms with van der Waals surface area (Å²) in [5.74, 6) is 0.0147. The van der Waals surface area contributed by atoms with Crippen LogP contribution >= 0.6 is 0 Å². The average molecular weight is 252 g/mol. The second-order valence-electron chi connectivity index (χ2n) is 4.56. The van der Waals surface area contributed by atoms with E-state index in [1.54, 1.807) is 41.7 Å². The molecule has 0 spiro atoms. The van der Waals surface area contributed by atoms with Crippen molar-refractivity contribution in [2.24, 2.45) is 0 Å². The first-order valence-electron chi connectivity index (χ1n) is 6.05. The van der Waals surface area contributed by atoms with E-state index in [0.29, 0.717) is 30.3 Å². The van der Waals surface area contributed by atoms with E-state index < -0.39 is 0 Å². The molecule has 1 aromatic heterocycles. The van der Waals surface area contributed by atoms with Gasteiger partial charge in [0.05, 0.1) is 24.0 Å². The highest BCUT2D eigenvalue weighted by Crippen LogP contribution is 2.22. The van der Waals surface area contributed by atoms with Gasteiger partial charge in [-0.05, 0) is 24.3 Å². The Morgan fingerprint density at radius 2 is 2.05 bits per heavy atom. The maximum Gasteiger partial charge on any atom is 0.253 e. The number of carbonyl (C=O) groups is 1. The molecule has 1 fully saturated rings. The molecule has 2 aromatic rings. The minimum absolute atomic E-state index is 0.0147. The number of carbonyl (C=O) groups excluding carboxylic acids is 1. The maximum absolute atomic E-state index is 12.2. The molecule has 0 radical (unpaired) electrons. The number of hydrogen-bond acceptors (Lipinski definition) is 3. The Hall–Kier alpha value is -2.61. The summed E-state index contributed by atoms with van der Waals surface area (Å²) in [6, 6.07) is 9.10. The number of imidazole rings is 1. The van der Waals surface area contributed by atoms with Crippen LogP contribution in [-0.2, 0) is 0 Å². The van der Waals surface area contributed by atoms with E-state index in [1.165, 1.54) is 0 Å². The molecule has 94 valence electrons. The van der Waals surface area contributed by atoms with Gasteiger partial charge in [-0.2, -0.15) is 5.26 Å². The molecule has 5 nitrogen and oxygen atoms in total. The van der Waals surface area contributed by atoms with E-state index in [2.05, 4.69) is 4.98 Å². The molecule has 2 heterocycles. The van der Waals surface area contributed by atoms with Crippen molar-refractivity contribution in [2.45, 2.75) is 6.04 Å². The van der Waals surface area contributed by atoms with Crippen molar-refractivity contribution in [1.82, 2.24) is 14.5 Å². The number of likely N-dealkylation sites (tertiary alicyclic amines) is 1. The van der Waals surface area contributed by atoms with Crippen LogP contribution in [0.4, 0.5) is 0 Å². The molecule has 0 saturated carbocycles. The smallest absolute Gasteiger partial charge is 0.253 e. The maximum atomic E-state index is 12.2. The molecule has 0 atom stereocenters. The molecule has 1 aromatic carbocycles. The molecular formula is C14H12N4O. The average Bonchev–Trinajstić information content (AvgIpc) is 2.91. The van der Waals surface area contributed by atoms with Crippen LogP contribution in [0.5, 0.6) is 0 Å². The topological polar surface area (TPSA) is 61.9 Å². The van der Waals surface area contributed by atoms with Crippen molar-refractivity contribution in [3.8, 4) is 6.07 Å². The zero-order valence-corrected chi connectivity index (χ0v) is 10.2. The third kappa shape index (κ3) is 2.08. The lowest BCUT2D eigenvalue weighted by molar-refractivity contribution is 0.0520. The van der Waals surface area contributed by atoms with Crippen molar-refractivity contribution in [2.75, 3.05) is 13.1 Å². The lowest BCUT2D eigenvalue weighted by atomic mass is 10.1. The fourth-order valence-electron chi connectivity index (χ4n) is 2.17. The molecule has 0 bridgehead atoms. The third-order valence-corrected chi connectivity index (χ3v) is 3.36. The highest BCUT2D eigenvalue weighted by Gasteiger charge is 2.31. The summed E-state index contributed by atoms with van der Waals surface area (Å²) >= 11 is 0. The van der Waals surface area contributed by atoms with E-state index in [0.717, 1.165) is 0 Å². The van der Waals surface area contributed by atoms with Gasteiger partial charge >= 0.3 is 0 Å². The minimum atomic E-state index is 0.0147. The van der Waals surface area contributed by atoms with Crippen LogP contribution in [0.3, 0.4) is 0 Å². The second-order valence-corrected chi connectivity index (χ2v) is 4.56. The zero-order valence-electron chi connectivity index (χ0n) is 10.2. The van der Waals surface area contributed by atoms with E-state index in [-0.39, 0.29) is 5.91 Å². The first-order chi connectivity index (χ1) is 9.28. The van der Waals surface area contributed by atoms with Gasteiger partial charge in [-0.15, -0.1) is 0 Å². The van der Waals surface area contributed by atoms with E-state index in [9.17, 15) is 4.79 Å². The molecule has 1 aliphatic rings. The Balaban J connectivity index is 1.65. The zero-order chi connectivity index (χ0) is 13.2. The van der Waals surface area contributed by atoms with Crippen LogP contribution in [-0.4, -0.2) is 33.4 Å². The Bertz CT molecular complexity index is 618. The number of benzene rings is 1. The molecule has 0 N–H and O–H groups in total. The largest absolute Gasteiger partial charge is 0.334 e. The number of aromatic nitrogens is 2. The van der Waals surface area contributed by atoms with Gasteiger partial charge in [-0.3, -0.25) is 4.79 Å². The van der Waals surface area contributed by atoms with E-state index >= 15 is 0 Å². The molecule has 3 rings (SSSR count). The molecule has 1 amide bonds. The first-order valence-corrected chi connectivity index (χ1v) is 6.05. The predicted molar refractivity (Wildman–Crippen MR) is 68.3 cm³/mol. The van der Waals surface area contributed by atoms with Gasteiger partial charge in [0.15, 0.2) is 0 Å². The second kappa shape index (κ2) is 4.58. The standard InChI is InChI=1S/C14H12N4O/c15-7-11-1-3-12(4-2-11)14(19)18-8-13(9-18)17-6-5-16-10-17/h1-6,10,13H,8-9H2. The van der Waals surface area contributed by atoms with Crippen LogP contribution in [0, 0.1) is 11.3 Å². The van der Waals surface area contributed by atoms with Crippen molar-refractivity contribution in [3.05, 3.63) is 54.1 Å². The Morgan fingerprint density at radius 1 is 1.32 bits per heavy atom. The highest BCUT2D eigenvalue weighted by atomic mass is 16.2. The van der Waals surface area contributed by atoms with Gasteiger partial charge in [0.25, 0.3) is 5.91 Å². The SMILES string of the molecule is N#Cc1ccc(C(=O)N2CC(n3ccnc3)C2)cc1. The molecule has 19 heavy (non-hydrogen) atoms. The Labute approximate surface area is 110 Å². The summed E-state index contributed by atoms with van der Waals surface area (Å²) in [6.45, 7) is 1.41. The monoisotopic (exact) mass is 252 g/mol. The van der Waals surface area contributed by atoms with Crippen LogP contribution < -0.4 is 0 Å². The van der Waals surface area contributed by atoms with Crippen molar-refractivity contribution < 1.29 is 4.79 Å². The lowest BCUT2D eigenvalue weighted by Gasteiger charge is -2.39. The Morgan fingerprint density at radius 3 is 2.63 bits per heavy atom. The van der Waals surface area contributed by atoms with Crippen LogP contribution in [0.1, 0.15) is 22.0 Å². The van der Waals surface area contributed by atoms with Crippen LogP contribution in [0.15, 0.2) is 43.0 Å². The molecule has 1 saturated heterocycles. The molecular weight excluding hydrogens is 240 g/mol. The van der Waals surface area contributed by atoms with Crippen LogP contribution in [0.25, 0.3) is 0 Å². The van der Waals surface area contributed by atoms with E-state index in [1.807, 2.05) is 16.8 Å². The molecule has 0 unspecified atom stereocenters. The number of hydrogen-bond donors (Lipinski definition) is 0. The number of nitriles is 1. The van der Waals surface area contributed by atoms with Crippen molar-refractivity contribution >= 4 is 5.91 Å². The van der Waals surface area contributed by atoms with Crippen LogP contribution in [0.2, 0.25) is 0 Å². The van der Waals surface area contributed by atoms with E-state index in [4.69, 9.17) is 5.26 Å². The summed E-state index contributed by atoms with van der Waals surface area (Å²) in [5, 5.41) is 8.72. The van der Waals surface area contributed by atoms with Gasteiger partial charge in [0, 0.05) is 31.0 Å². The van der Waals surface area contributed by atoms with Crippen molar-refractivity contribution in [1.29, 1.82) is 5.26 Å². The summed E-state index contributed by atoms with van der Waals surface area (Å²) < 4.78 is 2.02. The molecule has 5 heteroatoms. The van der Waals surface area contributed by atoms with Gasteiger partial charge in [0.1, 0.15) is 0 Å². The van der Waals surface area contributed by atoms with Gasteiger partial charge in [-0.25, -0.2) is 4.98 Å². The molecule has 1 aliphatic heterocycles. The predicted octanol–water partition coefficient (Wildman–Crippen LogP) is 1.45. The van der Waals surface area contributed by atoms with Crippen molar-refractivity contribution in [3.63, 3.8) is 0 Å². The lowest BCUT2D eigenvalue weighted by Crippen LogP contribution is -2.50. The fraction of sp³-hybridized carbons (Fsp3) is 0.214. The minimum Gasteiger partial charge on any atom is -0.334 e. The number of nitrogens with zero attached hydrogens (tertiary/aromatic N) is 4. The summed E-state index contributed by atoms with van der Waals surface area (Å²) in [7, 11) is 0. The quantitative estimate of drug-likeness (QED) is 0.812. The third-order valence-electron chi connectivity index (χ3n) is 3.36. The fourth-order valence-corrected chi connectivity index (χ4v) is 2.17. The number of rotatable bonds is 2. The Kier molecular flexibility index (Phi) is 2.76. The van der Waals surface area contributed by atoms with Gasteiger partial charge < -0.3 is 9.47 Å². The first kappa shape index (κ1) is 11.5. The highest BCUT2D eigenvalue weighted by molar-refractivity contribution is 5.94. The normalized spacial score (nSPS) is 14.8. The summed E-state index contributed by atoms with van der Waals surface area (Å²) in [6.07, 6.45) is 5.42. The number of amides is 1. The summed E-state index contributed by atoms with van der Waals surface area (Å²) in [4.78, 5) is 18.0. The van der Waals surface area contributed by atoms with Gasteiger partial charge in [0.2, 0.25) is 0 Å². The summed E-state index contributed by atoms with van der Waals surface area (Å²) in [5.41, 5.74) is 1.19. The van der Waals surface area contributed by atoms with Gasteiger partial charge in [-0.1, -0.05) is 0 Å². The molecule has 0 aliphatic carbocycles.